The number of aromatic nitrogens is 3. The third-order valence-electron chi connectivity index (χ3n) is 3.66. The molecule has 1 aliphatic heterocycles. The first-order valence-corrected chi connectivity index (χ1v) is 12.6. The topological polar surface area (TPSA) is 277 Å². The summed E-state index contributed by atoms with van der Waals surface area (Å²) in [4.78, 5) is 63.6. The summed E-state index contributed by atoms with van der Waals surface area (Å²) in [5, 5.41) is 21.1. The van der Waals surface area contributed by atoms with Crippen LogP contribution in [0.1, 0.15) is 6.23 Å². The van der Waals surface area contributed by atoms with E-state index in [9.17, 15) is 42.8 Å². The molecule has 22 heteroatoms. The van der Waals surface area contributed by atoms with Gasteiger partial charge in [-0.2, -0.15) is 13.6 Å². The van der Waals surface area contributed by atoms with E-state index in [1.165, 1.54) is 0 Å². The van der Waals surface area contributed by atoms with Gasteiger partial charge in [0.1, 0.15) is 25.2 Å². The van der Waals surface area contributed by atoms with Crippen LogP contribution in [0.3, 0.4) is 0 Å². The Morgan fingerprint density at radius 1 is 1.21 bits per heavy atom. The van der Waals surface area contributed by atoms with Crippen LogP contribution in [0.15, 0.2) is 15.9 Å². The first-order chi connectivity index (χ1) is 15.0. The highest BCUT2D eigenvalue weighted by atomic mass is 31.3. The van der Waals surface area contributed by atoms with Crippen molar-refractivity contribution in [3.05, 3.63) is 27.3 Å². The van der Waals surface area contributed by atoms with E-state index in [0.29, 0.717) is 10.9 Å². The van der Waals surface area contributed by atoms with Crippen LogP contribution in [0.4, 0.5) is 4.39 Å². The zero-order valence-corrected chi connectivity index (χ0v) is 18.4. The van der Waals surface area contributed by atoms with Gasteiger partial charge in [-0.1, -0.05) is 11.8 Å². The Labute approximate surface area is 181 Å². The zero-order valence-electron chi connectivity index (χ0n) is 15.7. The van der Waals surface area contributed by atoms with E-state index in [0.717, 1.165) is 0 Å². The number of hydrogen-bond acceptors (Lipinski definition) is 12. The molecule has 1 aromatic rings. The van der Waals surface area contributed by atoms with Gasteiger partial charge in [0.2, 0.25) is 0 Å². The Bertz CT molecular complexity index is 1200. The molecule has 0 bridgehead atoms. The molecule has 33 heavy (non-hydrogen) atoms. The molecule has 2 rings (SSSR count). The van der Waals surface area contributed by atoms with Gasteiger partial charge in [-0.05, 0) is 0 Å². The average molecular weight is 541 g/mol. The third kappa shape index (κ3) is 7.18. The summed E-state index contributed by atoms with van der Waals surface area (Å²) in [5.41, 5.74) is -5.06. The fourth-order valence-electron chi connectivity index (χ4n) is 2.49. The monoisotopic (exact) mass is 541 g/mol. The lowest BCUT2D eigenvalue weighted by atomic mass is 9.94. The molecular formula is C11H15FN3O15P3. The summed E-state index contributed by atoms with van der Waals surface area (Å²) < 4.78 is 63.2. The molecule has 0 amide bonds. The summed E-state index contributed by atoms with van der Waals surface area (Å²) in [6.07, 6.45) is -5.42. The minimum absolute atomic E-state index is 0.447. The lowest BCUT2D eigenvalue weighted by Gasteiger charge is -2.26. The number of alkyl halides is 1. The number of hydrogen-bond donors (Lipinski definition) is 7. The average Bonchev–Trinajstić information content (AvgIpc) is 2.87. The molecule has 18 nitrogen and oxygen atoms in total. The van der Waals surface area contributed by atoms with Crippen molar-refractivity contribution in [2.75, 3.05) is 13.3 Å². The Hall–Kier alpha value is -1.61. The highest BCUT2D eigenvalue weighted by molar-refractivity contribution is 7.66. The Morgan fingerprint density at radius 2 is 1.85 bits per heavy atom. The van der Waals surface area contributed by atoms with E-state index in [4.69, 9.17) is 19.4 Å². The summed E-state index contributed by atoms with van der Waals surface area (Å²) >= 11 is 0. The molecule has 0 saturated carbocycles. The van der Waals surface area contributed by atoms with E-state index in [1.54, 1.807) is 10.9 Å². The normalized spacial score (nSPS) is 29.0. The number of halogens is 1. The van der Waals surface area contributed by atoms with Crippen LogP contribution in [-0.2, 0) is 31.6 Å². The number of ether oxygens (including phenoxy) is 1. The molecule has 186 valence electrons. The molecule has 0 aromatic carbocycles. The van der Waals surface area contributed by atoms with Crippen LogP contribution in [0.2, 0.25) is 0 Å². The van der Waals surface area contributed by atoms with Crippen LogP contribution in [0.25, 0.3) is 0 Å². The van der Waals surface area contributed by atoms with Crippen molar-refractivity contribution in [2.45, 2.75) is 24.0 Å². The van der Waals surface area contributed by atoms with E-state index < -0.39 is 72.2 Å². The van der Waals surface area contributed by atoms with Gasteiger partial charge >= 0.3 is 34.8 Å². The van der Waals surface area contributed by atoms with Crippen molar-refractivity contribution in [3.8, 4) is 11.8 Å². The van der Waals surface area contributed by atoms with Gasteiger partial charge in [0, 0.05) is 0 Å². The molecule has 2 heterocycles. The predicted molar refractivity (Wildman–Crippen MR) is 97.6 cm³/mol. The predicted octanol–water partition coefficient (Wildman–Crippen LogP) is -2.76. The van der Waals surface area contributed by atoms with Crippen molar-refractivity contribution in [3.63, 3.8) is 0 Å². The largest absolute Gasteiger partial charge is 0.490 e. The van der Waals surface area contributed by atoms with Crippen LogP contribution >= 0.6 is 23.5 Å². The summed E-state index contributed by atoms with van der Waals surface area (Å²) in [6.45, 7) is -2.54. The lowest BCUT2D eigenvalue weighted by Crippen LogP contribution is -2.48. The van der Waals surface area contributed by atoms with Gasteiger partial charge in [0.15, 0.2) is 11.8 Å². The highest BCUT2D eigenvalue weighted by Gasteiger charge is 2.57. The number of phosphoric ester groups is 1. The van der Waals surface area contributed by atoms with E-state index in [1.807, 2.05) is 5.92 Å². The first kappa shape index (κ1) is 27.6. The first-order valence-electron chi connectivity index (χ1n) is 8.07. The van der Waals surface area contributed by atoms with Crippen LogP contribution in [0.5, 0.6) is 0 Å². The van der Waals surface area contributed by atoms with E-state index in [2.05, 4.69) is 18.1 Å². The molecule has 1 fully saturated rings. The number of phosphoric acid groups is 3. The maximum atomic E-state index is 12.5. The second kappa shape index (κ2) is 9.94. The molecule has 1 aromatic heterocycles. The Balaban J connectivity index is 2.26. The van der Waals surface area contributed by atoms with Gasteiger partial charge in [-0.3, -0.25) is 14.1 Å². The van der Waals surface area contributed by atoms with Gasteiger partial charge < -0.3 is 34.5 Å². The minimum Gasteiger partial charge on any atom is -0.386 e. The van der Waals surface area contributed by atoms with Crippen LogP contribution in [-0.4, -0.2) is 75.4 Å². The van der Waals surface area contributed by atoms with Gasteiger partial charge in [0.25, 0.3) is 0 Å². The quantitative estimate of drug-likeness (QED) is 0.130. The lowest BCUT2D eigenvalue weighted by molar-refractivity contribution is -0.0768. The molecule has 7 N–H and O–H groups in total. The van der Waals surface area contributed by atoms with Crippen molar-refractivity contribution >= 4 is 23.5 Å². The number of aliphatic hydroxyl groups is 2. The molecule has 0 aliphatic carbocycles. The zero-order chi connectivity index (χ0) is 25.2. The number of aliphatic hydroxyl groups excluding tert-OH is 1. The molecule has 0 radical (unpaired) electrons. The number of nitrogens with one attached hydrogen (secondary N) is 1. The number of rotatable bonds is 8. The van der Waals surface area contributed by atoms with Gasteiger partial charge in [-0.15, -0.1) is 0 Å². The maximum Gasteiger partial charge on any atom is 0.490 e. The fraction of sp³-hybridized carbons (Fsp3) is 0.545. The number of aromatic amines is 1. The Morgan fingerprint density at radius 3 is 2.39 bits per heavy atom. The molecular weight excluding hydrogens is 526 g/mol. The van der Waals surface area contributed by atoms with Crippen molar-refractivity contribution in [2.24, 2.45) is 0 Å². The molecule has 1 aliphatic rings. The second-order valence-electron chi connectivity index (χ2n) is 6.01. The number of H-pyrrole nitrogens is 1. The molecule has 0 spiro atoms. The van der Waals surface area contributed by atoms with E-state index in [-0.39, 0.29) is 0 Å². The summed E-state index contributed by atoms with van der Waals surface area (Å²) in [6, 6.07) is 0. The van der Waals surface area contributed by atoms with Gasteiger partial charge in [0.05, 0.1) is 6.61 Å². The second-order valence-corrected chi connectivity index (χ2v) is 10.4. The van der Waals surface area contributed by atoms with Crippen molar-refractivity contribution in [1.82, 2.24) is 14.5 Å². The SMILES string of the molecule is O=c1ncn([C@@H]2O[C@H](COP(=O)(O)OP(=O)(O)OP(=O)(O)O)[C@H](O)C2(O)C#CCF)c(=O)[nH]1. The highest BCUT2D eigenvalue weighted by Crippen LogP contribution is 2.66. The van der Waals surface area contributed by atoms with Crippen molar-refractivity contribution < 1.29 is 65.8 Å². The standard InChI is InChI=1S/C11H15FN3O15P3/c12-3-1-2-11(19)7(16)6(28-8(11)15-5-13-9(17)14-10(15)18)4-27-32(23,24)30-33(25,26)29-31(20,21)22/h5-8,16,19H,3-4H2,(H,23,24)(H,25,26)(H,14,17,18)(H2,20,21,22)/t6-,7+,8-,11?/m1/s1. The van der Waals surface area contributed by atoms with Gasteiger partial charge in [-0.25, -0.2) is 27.7 Å². The van der Waals surface area contributed by atoms with E-state index >= 15 is 0 Å². The molecule has 3 unspecified atom stereocenters. The minimum atomic E-state index is -5.83. The molecule has 6 atom stereocenters. The van der Waals surface area contributed by atoms with Crippen LogP contribution in [0, 0.1) is 11.8 Å². The summed E-state index contributed by atoms with van der Waals surface area (Å²) in [7, 11) is -17.1. The third-order valence-corrected chi connectivity index (χ3v) is 7.46. The maximum absolute atomic E-state index is 12.5. The van der Waals surface area contributed by atoms with Crippen molar-refractivity contribution in [1.29, 1.82) is 0 Å². The number of nitrogens with zero attached hydrogens (tertiary/aromatic N) is 2. The smallest absolute Gasteiger partial charge is 0.386 e. The Kier molecular flexibility index (Phi) is 8.32. The summed E-state index contributed by atoms with van der Waals surface area (Å²) in [5.74, 6) is 3.70. The fourth-order valence-corrected chi connectivity index (χ4v) is 5.52. The van der Waals surface area contributed by atoms with Crippen LogP contribution < -0.4 is 11.4 Å². The molecule has 1 saturated heterocycles.